The van der Waals surface area contributed by atoms with Crippen LogP contribution in [0.1, 0.15) is 42.0 Å². The second-order valence-electron chi connectivity index (χ2n) is 8.54. The molecule has 3 aromatic rings. The second-order valence-corrected chi connectivity index (χ2v) is 8.54. The topological polar surface area (TPSA) is 59.4 Å². The number of nitrogens with one attached hydrogen (secondary N) is 1. The highest BCUT2D eigenvalue weighted by Crippen LogP contribution is 2.29. The highest BCUT2D eigenvalue weighted by atomic mass is 16.5. The molecule has 6 heteroatoms. The first kappa shape index (κ1) is 19.8. The van der Waals surface area contributed by atoms with E-state index in [2.05, 4.69) is 41.3 Å². The zero-order valence-corrected chi connectivity index (χ0v) is 18.0. The number of nitrogens with zero attached hydrogens (tertiary/aromatic N) is 3. The number of para-hydroxylation sites is 1. The largest absolute Gasteiger partial charge is 0.372 e. The van der Waals surface area contributed by atoms with Crippen molar-refractivity contribution in [1.29, 1.82) is 0 Å². The molecule has 160 valence electrons. The molecule has 1 amide bonds. The summed E-state index contributed by atoms with van der Waals surface area (Å²) in [6, 6.07) is 18.1. The molecular formula is C25H28N4O2. The third kappa shape index (κ3) is 3.95. The summed E-state index contributed by atoms with van der Waals surface area (Å²) in [6.45, 7) is 5.95. The van der Waals surface area contributed by atoms with Crippen molar-refractivity contribution in [3.8, 4) is 5.69 Å². The lowest BCUT2D eigenvalue weighted by molar-refractivity contribution is -0.00521. The summed E-state index contributed by atoms with van der Waals surface area (Å²) in [7, 11) is 0. The van der Waals surface area contributed by atoms with Gasteiger partial charge in [0.05, 0.1) is 17.9 Å². The molecule has 1 aromatic heterocycles. The van der Waals surface area contributed by atoms with Crippen molar-refractivity contribution in [2.45, 2.75) is 45.3 Å². The van der Waals surface area contributed by atoms with Crippen LogP contribution in [0, 0.1) is 0 Å². The van der Waals surface area contributed by atoms with Crippen molar-refractivity contribution in [3.63, 3.8) is 0 Å². The highest BCUT2D eigenvalue weighted by Gasteiger charge is 2.27. The van der Waals surface area contributed by atoms with Crippen molar-refractivity contribution in [2.75, 3.05) is 23.3 Å². The lowest BCUT2D eigenvalue weighted by atomic mass is 10.1. The summed E-state index contributed by atoms with van der Waals surface area (Å²) in [6.07, 6.45) is 3.34. The number of carbonyl (C=O) groups excluding carboxylic acids is 1. The van der Waals surface area contributed by atoms with Crippen LogP contribution in [0.4, 0.5) is 11.4 Å². The van der Waals surface area contributed by atoms with Gasteiger partial charge in [0.1, 0.15) is 0 Å². The first-order chi connectivity index (χ1) is 15.1. The molecule has 2 atom stereocenters. The maximum atomic E-state index is 13.1. The van der Waals surface area contributed by atoms with Crippen LogP contribution >= 0.6 is 0 Å². The van der Waals surface area contributed by atoms with Gasteiger partial charge in [-0.15, -0.1) is 0 Å². The van der Waals surface area contributed by atoms with Gasteiger partial charge in [-0.3, -0.25) is 4.79 Å². The molecule has 1 aliphatic heterocycles. The molecule has 2 aliphatic rings. The fraction of sp³-hybridized carbons (Fsp3) is 0.360. The smallest absolute Gasteiger partial charge is 0.276 e. The molecule has 2 aromatic carbocycles. The van der Waals surface area contributed by atoms with Crippen molar-refractivity contribution in [3.05, 3.63) is 71.5 Å². The molecule has 1 N–H and O–H groups in total. The number of hydrogen-bond donors (Lipinski definition) is 1. The average molecular weight is 417 g/mol. The Kier molecular flexibility index (Phi) is 5.24. The third-order valence-electron chi connectivity index (χ3n) is 6.06. The van der Waals surface area contributed by atoms with Crippen LogP contribution < -0.4 is 10.2 Å². The van der Waals surface area contributed by atoms with Gasteiger partial charge in [0.2, 0.25) is 0 Å². The number of carbonyl (C=O) groups is 1. The van der Waals surface area contributed by atoms with Crippen LogP contribution in [0.3, 0.4) is 0 Å². The Morgan fingerprint density at radius 3 is 2.39 bits per heavy atom. The number of ether oxygens (including phenoxy) is 1. The summed E-state index contributed by atoms with van der Waals surface area (Å²) in [4.78, 5) is 15.4. The molecule has 0 radical (unpaired) electrons. The van der Waals surface area contributed by atoms with E-state index in [0.717, 1.165) is 60.7 Å². The molecule has 0 saturated carbocycles. The normalized spacial score (nSPS) is 20.5. The predicted molar refractivity (Wildman–Crippen MR) is 122 cm³/mol. The fourth-order valence-corrected chi connectivity index (χ4v) is 4.74. The van der Waals surface area contributed by atoms with Crippen molar-refractivity contribution in [2.24, 2.45) is 0 Å². The maximum absolute atomic E-state index is 13.1. The number of benzene rings is 2. The predicted octanol–water partition coefficient (Wildman–Crippen LogP) is 4.23. The molecule has 2 heterocycles. The summed E-state index contributed by atoms with van der Waals surface area (Å²) < 4.78 is 7.76. The summed E-state index contributed by atoms with van der Waals surface area (Å²) in [5.74, 6) is -0.144. The summed E-state index contributed by atoms with van der Waals surface area (Å²) in [5.41, 5.74) is 5.70. The van der Waals surface area contributed by atoms with Gasteiger partial charge in [-0.05, 0) is 69.5 Å². The van der Waals surface area contributed by atoms with E-state index in [1.165, 1.54) is 0 Å². The van der Waals surface area contributed by atoms with E-state index in [1.54, 1.807) is 0 Å². The standard InChI is InChI=1S/C25H28N4O2/c1-17-15-28(16-18(2)31-17)20-13-11-19(12-14-20)26-25(30)24-22-9-6-10-23(22)29(27-24)21-7-4-3-5-8-21/h3-5,7-8,11-14,17-18H,6,9-10,15-16H2,1-2H3,(H,26,30). The minimum absolute atomic E-state index is 0.144. The van der Waals surface area contributed by atoms with Gasteiger partial charge in [-0.2, -0.15) is 5.10 Å². The summed E-state index contributed by atoms with van der Waals surface area (Å²) >= 11 is 0. The molecular weight excluding hydrogens is 388 g/mol. The first-order valence-electron chi connectivity index (χ1n) is 11.1. The first-order valence-corrected chi connectivity index (χ1v) is 11.1. The Labute approximate surface area is 182 Å². The van der Waals surface area contributed by atoms with Gasteiger partial charge in [0.25, 0.3) is 5.91 Å². The minimum Gasteiger partial charge on any atom is -0.372 e. The Balaban J connectivity index is 1.34. The Morgan fingerprint density at radius 1 is 0.968 bits per heavy atom. The lowest BCUT2D eigenvalue weighted by Crippen LogP contribution is -2.45. The summed E-state index contributed by atoms with van der Waals surface area (Å²) in [5, 5.41) is 7.73. The quantitative estimate of drug-likeness (QED) is 0.692. The number of anilines is 2. The van der Waals surface area contributed by atoms with E-state index < -0.39 is 0 Å². The Hall–Kier alpha value is -3.12. The third-order valence-corrected chi connectivity index (χ3v) is 6.06. The molecule has 5 rings (SSSR count). The lowest BCUT2D eigenvalue weighted by Gasteiger charge is -2.36. The average Bonchev–Trinajstić information content (AvgIpc) is 3.37. The fourth-order valence-electron chi connectivity index (χ4n) is 4.74. The van der Waals surface area contributed by atoms with E-state index in [-0.39, 0.29) is 18.1 Å². The number of fused-ring (bicyclic) bond motifs is 1. The van der Waals surface area contributed by atoms with E-state index in [4.69, 9.17) is 4.74 Å². The molecule has 2 unspecified atom stereocenters. The van der Waals surface area contributed by atoms with Gasteiger partial charge in [0.15, 0.2) is 5.69 Å². The number of morpholine rings is 1. The number of rotatable bonds is 4. The van der Waals surface area contributed by atoms with Gasteiger partial charge in [-0.1, -0.05) is 18.2 Å². The van der Waals surface area contributed by atoms with Crippen molar-refractivity contribution >= 4 is 17.3 Å². The minimum atomic E-state index is -0.144. The number of hydrogen-bond acceptors (Lipinski definition) is 4. The molecule has 0 spiro atoms. The molecule has 6 nitrogen and oxygen atoms in total. The zero-order valence-electron chi connectivity index (χ0n) is 18.0. The van der Waals surface area contributed by atoms with Gasteiger partial charge in [0, 0.05) is 35.7 Å². The molecule has 0 bridgehead atoms. The zero-order chi connectivity index (χ0) is 21.4. The van der Waals surface area contributed by atoms with Gasteiger partial charge in [-0.25, -0.2) is 4.68 Å². The SMILES string of the molecule is CC1CN(c2ccc(NC(=O)c3nn(-c4ccccc4)c4c3CCC4)cc2)CC(C)O1. The van der Waals surface area contributed by atoms with Crippen LogP contribution in [0.2, 0.25) is 0 Å². The van der Waals surface area contributed by atoms with Gasteiger partial charge >= 0.3 is 0 Å². The van der Waals surface area contributed by atoms with E-state index in [1.807, 2.05) is 47.1 Å². The molecule has 1 saturated heterocycles. The van der Waals surface area contributed by atoms with Crippen molar-refractivity contribution in [1.82, 2.24) is 9.78 Å². The van der Waals surface area contributed by atoms with E-state index in [9.17, 15) is 4.79 Å². The molecule has 31 heavy (non-hydrogen) atoms. The van der Waals surface area contributed by atoms with Crippen LogP contribution in [0.5, 0.6) is 0 Å². The number of amides is 1. The van der Waals surface area contributed by atoms with Gasteiger partial charge < -0.3 is 15.0 Å². The molecule has 1 fully saturated rings. The molecule has 1 aliphatic carbocycles. The van der Waals surface area contributed by atoms with Crippen LogP contribution in [0.25, 0.3) is 5.69 Å². The van der Waals surface area contributed by atoms with Crippen molar-refractivity contribution < 1.29 is 9.53 Å². The number of aromatic nitrogens is 2. The van der Waals surface area contributed by atoms with E-state index in [0.29, 0.717) is 5.69 Å². The Morgan fingerprint density at radius 2 is 1.68 bits per heavy atom. The maximum Gasteiger partial charge on any atom is 0.276 e. The monoisotopic (exact) mass is 416 g/mol. The van der Waals surface area contributed by atoms with Crippen LogP contribution in [0.15, 0.2) is 54.6 Å². The second kappa shape index (κ2) is 8.19. The van der Waals surface area contributed by atoms with Crippen LogP contribution in [-0.4, -0.2) is 41.0 Å². The Bertz CT molecular complexity index is 1060. The highest BCUT2D eigenvalue weighted by molar-refractivity contribution is 6.04. The van der Waals surface area contributed by atoms with E-state index >= 15 is 0 Å². The van der Waals surface area contributed by atoms with Crippen LogP contribution in [-0.2, 0) is 17.6 Å².